The lowest BCUT2D eigenvalue weighted by atomic mass is 9.95. The SMILES string of the molecule is Cc1ccc(N2C(=O)C(=O)C(=C(O)c3ccccc3)[C@H]2c2ccc(Br)cc2)cc1Cl. The Morgan fingerprint density at radius 2 is 1.67 bits per heavy atom. The molecule has 4 nitrogen and oxygen atoms in total. The number of rotatable bonds is 3. The van der Waals surface area contributed by atoms with Crippen molar-refractivity contribution in [1.82, 2.24) is 0 Å². The quantitative estimate of drug-likeness (QED) is 0.281. The van der Waals surface area contributed by atoms with E-state index in [9.17, 15) is 14.7 Å². The molecule has 3 aromatic rings. The van der Waals surface area contributed by atoms with Crippen LogP contribution in [0.4, 0.5) is 5.69 Å². The number of anilines is 1. The lowest BCUT2D eigenvalue weighted by Crippen LogP contribution is -2.29. The van der Waals surface area contributed by atoms with E-state index in [2.05, 4.69) is 15.9 Å². The molecule has 1 atom stereocenters. The fraction of sp³-hybridized carbons (Fsp3) is 0.0833. The molecule has 0 aromatic heterocycles. The van der Waals surface area contributed by atoms with Crippen LogP contribution in [0.2, 0.25) is 5.02 Å². The number of benzene rings is 3. The second-order valence-electron chi connectivity index (χ2n) is 7.02. The third kappa shape index (κ3) is 3.55. The summed E-state index contributed by atoms with van der Waals surface area (Å²) < 4.78 is 0.865. The average molecular weight is 483 g/mol. The van der Waals surface area contributed by atoms with Gasteiger partial charge in [0.1, 0.15) is 5.76 Å². The van der Waals surface area contributed by atoms with Gasteiger partial charge in [0.2, 0.25) is 0 Å². The minimum Gasteiger partial charge on any atom is -0.507 e. The molecule has 1 fully saturated rings. The summed E-state index contributed by atoms with van der Waals surface area (Å²) in [4.78, 5) is 27.5. The minimum absolute atomic E-state index is 0.0465. The molecule has 4 rings (SSSR count). The number of aliphatic hydroxyl groups is 1. The van der Waals surface area contributed by atoms with E-state index in [-0.39, 0.29) is 11.3 Å². The monoisotopic (exact) mass is 481 g/mol. The number of hydrogen-bond acceptors (Lipinski definition) is 3. The zero-order chi connectivity index (χ0) is 21.4. The molecule has 0 spiro atoms. The number of halogens is 2. The maximum Gasteiger partial charge on any atom is 0.300 e. The predicted molar refractivity (Wildman–Crippen MR) is 122 cm³/mol. The lowest BCUT2D eigenvalue weighted by molar-refractivity contribution is -0.132. The van der Waals surface area contributed by atoms with E-state index in [0.717, 1.165) is 10.0 Å². The molecule has 1 amide bonds. The Balaban J connectivity index is 1.95. The standard InChI is InChI=1S/C24H17BrClNO3/c1-14-7-12-18(13-19(14)26)27-21(15-8-10-17(25)11-9-15)20(23(29)24(27)30)22(28)16-5-3-2-4-6-16/h2-13,21,28H,1H3/t21-/m1/s1. The van der Waals surface area contributed by atoms with Crippen LogP contribution in [-0.4, -0.2) is 16.8 Å². The fourth-order valence-corrected chi connectivity index (χ4v) is 3.98. The number of nitrogens with zero attached hydrogens (tertiary/aromatic N) is 1. The van der Waals surface area contributed by atoms with Crippen molar-refractivity contribution in [1.29, 1.82) is 0 Å². The van der Waals surface area contributed by atoms with Crippen LogP contribution in [0.1, 0.15) is 22.7 Å². The smallest absolute Gasteiger partial charge is 0.300 e. The molecule has 30 heavy (non-hydrogen) atoms. The van der Waals surface area contributed by atoms with E-state index in [1.165, 1.54) is 4.90 Å². The fourth-order valence-electron chi connectivity index (χ4n) is 3.54. The first-order chi connectivity index (χ1) is 14.4. The Morgan fingerprint density at radius 1 is 1.00 bits per heavy atom. The van der Waals surface area contributed by atoms with Gasteiger partial charge in [-0.3, -0.25) is 14.5 Å². The van der Waals surface area contributed by atoms with E-state index in [1.54, 1.807) is 42.5 Å². The molecule has 0 saturated carbocycles. The van der Waals surface area contributed by atoms with Crippen LogP contribution in [0.15, 0.2) is 82.8 Å². The summed E-state index contributed by atoms with van der Waals surface area (Å²) in [5.74, 6) is -1.65. The van der Waals surface area contributed by atoms with Gasteiger partial charge in [-0.25, -0.2) is 0 Å². The molecular weight excluding hydrogens is 466 g/mol. The number of aryl methyl sites for hydroxylation is 1. The first-order valence-electron chi connectivity index (χ1n) is 9.26. The molecule has 0 aliphatic carbocycles. The molecule has 1 heterocycles. The molecule has 3 aromatic carbocycles. The summed E-state index contributed by atoms with van der Waals surface area (Å²) in [6, 6.07) is 20.5. The maximum atomic E-state index is 13.1. The van der Waals surface area contributed by atoms with Gasteiger partial charge in [0.05, 0.1) is 11.6 Å². The number of ketones is 1. The third-order valence-corrected chi connectivity index (χ3v) is 6.05. The Labute approximate surface area is 187 Å². The minimum atomic E-state index is -0.780. The van der Waals surface area contributed by atoms with Crippen LogP contribution < -0.4 is 4.90 Å². The Kier molecular flexibility index (Phi) is 5.50. The molecule has 150 valence electrons. The highest BCUT2D eigenvalue weighted by Crippen LogP contribution is 2.43. The van der Waals surface area contributed by atoms with Gasteiger partial charge in [0.15, 0.2) is 0 Å². The molecule has 1 aliphatic rings. The molecule has 1 aliphatic heterocycles. The molecular formula is C24H17BrClNO3. The largest absolute Gasteiger partial charge is 0.507 e. The lowest BCUT2D eigenvalue weighted by Gasteiger charge is -2.26. The summed E-state index contributed by atoms with van der Waals surface area (Å²) in [5.41, 5.74) is 2.57. The summed E-state index contributed by atoms with van der Waals surface area (Å²) in [6.07, 6.45) is 0. The number of amides is 1. The third-order valence-electron chi connectivity index (χ3n) is 5.11. The van der Waals surface area contributed by atoms with Gasteiger partial charge in [0.25, 0.3) is 11.7 Å². The molecule has 0 radical (unpaired) electrons. The van der Waals surface area contributed by atoms with Crippen LogP contribution in [0.5, 0.6) is 0 Å². The highest BCUT2D eigenvalue weighted by Gasteiger charge is 2.47. The van der Waals surface area contributed by atoms with Crippen molar-refractivity contribution in [2.75, 3.05) is 4.90 Å². The van der Waals surface area contributed by atoms with Crippen molar-refractivity contribution in [2.24, 2.45) is 0 Å². The Bertz CT molecular complexity index is 1170. The van der Waals surface area contributed by atoms with Crippen molar-refractivity contribution in [3.63, 3.8) is 0 Å². The maximum absolute atomic E-state index is 13.1. The van der Waals surface area contributed by atoms with Gasteiger partial charge in [-0.15, -0.1) is 0 Å². The summed E-state index contributed by atoms with van der Waals surface area (Å²) in [5, 5.41) is 11.5. The normalized spacial score (nSPS) is 18.1. The van der Waals surface area contributed by atoms with Crippen molar-refractivity contribution in [3.05, 3.63) is 105 Å². The second kappa shape index (κ2) is 8.09. The van der Waals surface area contributed by atoms with Gasteiger partial charge in [-0.05, 0) is 42.3 Å². The van der Waals surface area contributed by atoms with Crippen molar-refractivity contribution < 1.29 is 14.7 Å². The number of aliphatic hydroxyl groups excluding tert-OH is 1. The number of carbonyl (C=O) groups is 2. The molecule has 1 saturated heterocycles. The molecule has 0 unspecified atom stereocenters. The van der Waals surface area contributed by atoms with Crippen molar-refractivity contribution in [2.45, 2.75) is 13.0 Å². The van der Waals surface area contributed by atoms with Gasteiger partial charge in [-0.2, -0.15) is 0 Å². The zero-order valence-corrected chi connectivity index (χ0v) is 18.3. The zero-order valence-electron chi connectivity index (χ0n) is 16.0. The van der Waals surface area contributed by atoms with Crippen LogP contribution in [-0.2, 0) is 9.59 Å². The van der Waals surface area contributed by atoms with E-state index >= 15 is 0 Å². The van der Waals surface area contributed by atoms with Crippen LogP contribution >= 0.6 is 27.5 Å². The highest BCUT2D eigenvalue weighted by atomic mass is 79.9. The van der Waals surface area contributed by atoms with Crippen molar-refractivity contribution in [3.8, 4) is 0 Å². The van der Waals surface area contributed by atoms with Gasteiger partial charge >= 0.3 is 0 Å². The predicted octanol–water partition coefficient (Wildman–Crippen LogP) is 6.04. The molecule has 0 bridgehead atoms. The average Bonchev–Trinajstić information content (AvgIpc) is 3.01. The summed E-state index contributed by atoms with van der Waals surface area (Å²) >= 11 is 9.70. The van der Waals surface area contributed by atoms with Crippen LogP contribution in [0.25, 0.3) is 5.76 Å². The van der Waals surface area contributed by atoms with Crippen molar-refractivity contribution >= 4 is 50.7 Å². The number of hydrogen-bond donors (Lipinski definition) is 1. The van der Waals surface area contributed by atoms with Crippen LogP contribution in [0, 0.1) is 6.92 Å². The van der Waals surface area contributed by atoms with Crippen LogP contribution in [0.3, 0.4) is 0 Å². The topological polar surface area (TPSA) is 57.6 Å². The highest BCUT2D eigenvalue weighted by molar-refractivity contribution is 9.10. The van der Waals surface area contributed by atoms with Gasteiger partial charge in [-0.1, -0.05) is 76.1 Å². The number of carbonyl (C=O) groups excluding carboxylic acids is 2. The number of Topliss-reactive ketones (excluding diaryl/α,β-unsaturated/α-hetero) is 1. The Morgan fingerprint density at radius 3 is 2.30 bits per heavy atom. The van der Waals surface area contributed by atoms with Gasteiger partial charge < -0.3 is 5.11 Å². The molecule has 6 heteroatoms. The second-order valence-corrected chi connectivity index (χ2v) is 8.34. The summed E-state index contributed by atoms with van der Waals surface area (Å²) in [7, 11) is 0. The first kappa shape index (κ1) is 20.4. The first-order valence-corrected chi connectivity index (χ1v) is 10.4. The Hall–Kier alpha value is -2.89. The molecule has 1 N–H and O–H groups in total. The van der Waals surface area contributed by atoms with E-state index < -0.39 is 17.7 Å². The van der Waals surface area contributed by atoms with Gasteiger partial charge in [0, 0.05) is 20.7 Å². The summed E-state index contributed by atoms with van der Waals surface area (Å²) in [6.45, 7) is 1.86. The van der Waals surface area contributed by atoms with E-state index in [4.69, 9.17) is 11.6 Å². The van der Waals surface area contributed by atoms with E-state index in [0.29, 0.717) is 21.8 Å². The van der Waals surface area contributed by atoms with E-state index in [1.807, 2.05) is 37.3 Å².